The largest absolute Gasteiger partial charge is 0.356 e. The molecule has 2 heterocycles. The predicted molar refractivity (Wildman–Crippen MR) is 60.8 cm³/mol. The summed E-state index contributed by atoms with van der Waals surface area (Å²) < 4.78 is 0. The third kappa shape index (κ3) is 1.91. The van der Waals surface area contributed by atoms with Gasteiger partial charge in [0.1, 0.15) is 0 Å². The number of rotatable bonds is 3. The zero-order chi connectivity index (χ0) is 10.2. The van der Waals surface area contributed by atoms with Gasteiger partial charge < -0.3 is 10.2 Å². The average molecular weight is 211 g/mol. The van der Waals surface area contributed by atoms with E-state index in [-0.39, 0.29) is 5.54 Å². The molecule has 0 amide bonds. The Morgan fingerprint density at radius 2 is 2.29 bits per heavy atom. The number of nitrogens with zero attached hydrogens (tertiary/aromatic N) is 2. The van der Waals surface area contributed by atoms with Crippen LogP contribution in [0.2, 0.25) is 0 Å². The first-order valence-corrected chi connectivity index (χ1v) is 5.82. The van der Waals surface area contributed by atoms with Crippen molar-refractivity contribution in [1.29, 1.82) is 0 Å². The van der Waals surface area contributed by atoms with Crippen molar-refractivity contribution >= 4 is 16.5 Å². The summed E-state index contributed by atoms with van der Waals surface area (Å²) in [5.41, 5.74) is 0.157. The van der Waals surface area contributed by atoms with Crippen molar-refractivity contribution in [3.8, 4) is 0 Å². The lowest BCUT2D eigenvalue weighted by Gasteiger charge is -2.46. The number of hydrogen-bond donors (Lipinski definition) is 1. The van der Waals surface area contributed by atoms with E-state index in [1.54, 1.807) is 11.3 Å². The molecule has 0 saturated carbocycles. The normalized spacial score (nSPS) is 19.4. The van der Waals surface area contributed by atoms with E-state index in [4.69, 9.17) is 0 Å². The maximum Gasteiger partial charge on any atom is 0.183 e. The van der Waals surface area contributed by atoms with E-state index in [0.717, 1.165) is 11.0 Å². The number of hydrogen-bond acceptors (Lipinski definition) is 4. The zero-order valence-corrected chi connectivity index (χ0v) is 9.77. The molecule has 1 aliphatic rings. The molecule has 0 atom stereocenters. The molecule has 0 spiro atoms. The zero-order valence-electron chi connectivity index (χ0n) is 8.95. The van der Waals surface area contributed by atoms with Crippen LogP contribution in [0.25, 0.3) is 0 Å². The molecule has 1 saturated heterocycles. The molecule has 3 nitrogen and oxygen atoms in total. The molecule has 1 aliphatic heterocycles. The highest BCUT2D eigenvalue weighted by molar-refractivity contribution is 7.13. The molecule has 0 radical (unpaired) electrons. The third-order valence-corrected chi connectivity index (χ3v) is 3.63. The smallest absolute Gasteiger partial charge is 0.183 e. The maximum atomic E-state index is 4.26. The quantitative estimate of drug-likeness (QED) is 0.827. The van der Waals surface area contributed by atoms with Gasteiger partial charge >= 0.3 is 0 Å². The molecule has 78 valence electrons. The van der Waals surface area contributed by atoms with Crippen molar-refractivity contribution in [3.05, 3.63) is 11.6 Å². The number of thiazole rings is 1. The first kappa shape index (κ1) is 9.93. The highest BCUT2D eigenvalue weighted by atomic mass is 32.1. The van der Waals surface area contributed by atoms with Crippen LogP contribution in [-0.2, 0) is 0 Å². The third-order valence-electron chi connectivity index (χ3n) is 2.95. The van der Waals surface area contributed by atoms with E-state index < -0.39 is 0 Å². The molecule has 0 aromatic carbocycles. The summed E-state index contributed by atoms with van der Waals surface area (Å²) in [7, 11) is 2.16. The fourth-order valence-corrected chi connectivity index (χ4v) is 2.51. The fourth-order valence-electron chi connectivity index (χ4n) is 1.82. The lowest BCUT2D eigenvalue weighted by Crippen LogP contribution is -2.56. The average Bonchev–Trinajstić information content (AvgIpc) is 2.50. The van der Waals surface area contributed by atoms with Crippen molar-refractivity contribution < 1.29 is 0 Å². The van der Waals surface area contributed by atoms with Crippen LogP contribution in [0.4, 0.5) is 5.13 Å². The van der Waals surface area contributed by atoms with Crippen LogP contribution in [-0.4, -0.2) is 35.6 Å². The molecular formula is C10H17N3S. The van der Waals surface area contributed by atoms with E-state index in [0.29, 0.717) is 0 Å². The highest BCUT2D eigenvalue weighted by Crippen LogP contribution is 2.29. The van der Waals surface area contributed by atoms with E-state index in [1.807, 2.05) is 11.6 Å². The molecule has 1 N–H and O–H groups in total. The maximum absolute atomic E-state index is 4.26. The standard InChI is InChI=1S/C10H17N3S/c1-10(2,8-6-13(3)7-8)12-9-11-4-5-14-9/h4-5,8H,6-7H2,1-3H3,(H,11,12). The summed E-state index contributed by atoms with van der Waals surface area (Å²) in [5.74, 6) is 0.733. The number of likely N-dealkylation sites (tertiary alicyclic amines) is 1. The van der Waals surface area contributed by atoms with E-state index in [1.165, 1.54) is 13.1 Å². The second-order valence-corrected chi connectivity index (χ2v) is 5.50. The number of aromatic nitrogens is 1. The second-order valence-electron chi connectivity index (χ2n) is 4.60. The fraction of sp³-hybridized carbons (Fsp3) is 0.700. The van der Waals surface area contributed by atoms with Crippen LogP contribution < -0.4 is 5.32 Å². The van der Waals surface area contributed by atoms with Crippen molar-refractivity contribution in [2.75, 3.05) is 25.5 Å². The summed E-state index contributed by atoms with van der Waals surface area (Å²) in [6, 6.07) is 0. The van der Waals surface area contributed by atoms with Gasteiger partial charge in [0, 0.05) is 36.1 Å². The van der Waals surface area contributed by atoms with E-state index in [9.17, 15) is 0 Å². The Bertz CT molecular complexity index is 288. The van der Waals surface area contributed by atoms with Gasteiger partial charge in [-0.1, -0.05) is 0 Å². The topological polar surface area (TPSA) is 28.2 Å². The minimum absolute atomic E-state index is 0.157. The molecule has 14 heavy (non-hydrogen) atoms. The molecular weight excluding hydrogens is 194 g/mol. The van der Waals surface area contributed by atoms with Gasteiger partial charge in [-0.15, -0.1) is 11.3 Å². The van der Waals surface area contributed by atoms with Crippen molar-refractivity contribution in [2.24, 2.45) is 5.92 Å². The van der Waals surface area contributed by atoms with Gasteiger partial charge in [0.15, 0.2) is 5.13 Å². The van der Waals surface area contributed by atoms with Crippen molar-refractivity contribution in [2.45, 2.75) is 19.4 Å². The molecule has 1 aromatic heterocycles. The van der Waals surface area contributed by atoms with Crippen LogP contribution in [0.1, 0.15) is 13.8 Å². The van der Waals surface area contributed by atoms with E-state index >= 15 is 0 Å². The molecule has 0 unspecified atom stereocenters. The Balaban J connectivity index is 1.95. The first-order chi connectivity index (χ1) is 6.58. The minimum Gasteiger partial charge on any atom is -0.356 e. The molecule has 0 aliphatic carbocycles. The molecule has 1 fully saturated rings. The predicted octanol–water partition coefficient (Wildman–Crippen LogP) is 1.90. The molecule has 1 aromatic rings. The van der Waals surface area contributed by atoms with Gasteiger partial charge in [0.25, 0.3) is 0 Å². The van der Waals surface area contributed by atoms with Crippen LogP contribution >= 0.6 is 11.3 Å². The van der Waals surface area contributed by atoms with Crippen molar-refractivity contribution in [3.63, 3.8) is 0 Å². The Labute approximate surface area is 89.1 Å². The second kappa shape index (κ2) is 3.51. The summed E-state index contributed by atoms with van der Waals surface area (Å²) in [5, 5.41) is 6.54. The Morgan fingerprint density at radius 3 is 2.79 bits per heavy atom. The summed E-state index contributed by atoms with van der Waals surface area (Å²) in [6.07, 6.45) is 1.84. The SMILES string of the molecule is CN1CC(C(C)(C)Nc2nccs2)C1. The van der Waals surface area contributed by atoms with Crippen LogP contribution in [0, 0.1) is 5.92 Å². The molecule has 4 heteroatoms. The van der Waals surface area contributed by atoms with Gasteiger partial charge in [0.05, 0.1) is 0 Å². The lowest BCUT2D eigenvalue weighted by molar-refractivity contribution is 0.0886. The van der Waals surface area contributed by atoms with E-state index in [2.05, 4.69) is 36.1 Å². The van der Waals surface area contributed by atoms with Crippen LogP contribution in [0.3, 0.4) is 0 Å². The molecule has 2 rings (SSSR count). The first-order valence-electron chi connectivity index (χ1n) is 4.94. The molecule has 0 bridgehead atoms. The number of nitrogens with one attached hydrogen (secondary N) is 1. The van der Waals surface area contributed by atoms with Crippen LogP contribution in [0.15, 0.2) is 11.6 Å². The monoisotopic (exact) mass is 211 g/mol. The van der Waals surface area contributed by atoms with Crippen molar-refractivity contribution in [1.82, 2.24) is 9.88 Å². The Hall–Kier alpha value is -0.610. The van der Waals surface area contributed by atoms with Gasteiger partial charge in [-0.05, 0) is 20.9 Å². The van der Waals surface area contributed by atoms with Gasteiger partial charge in [-0.3, -0.25) is 0 Å². The summed E-state index contributed by atoms with van der Waals surface area (Å²) >= 11 is 1.67. The van der Waals surface area contributed by atoms with Gasteiger partial charge in [-0.2, -0.15) is 0 Å². The highest BCUT2D eigenvalue weighted by Gasteiger charge is 2.37. The van der Waals surface area contributed by atoms with Gasteiger partial charge in [-0.25, -0.2) is 4.98 Å². The van der Waals surface area contributed by atoms with Gasteiger partial charge in [0.2, 0.25) is 0 Å². The summed E-state index contributed by atoms with van der Waals surface area (Å²) in [6.45, 7) is 6.88. The lowest BCUT2D eigenvalue weighted by atomic mass is 9.82. The minimum atomic E-state index is 0.157. The van der Waals surface area contributed by atoms with Crippen LogP contribution in [0.5, 0.6) is 0 Å². The Kier molecular flexibility index (Phi) is 2.49. The summed E-state index contributed by atoms with van der Waals surface area (Å²) in [4.78, 5) is 6.60. The Morgan fingerprint density at radius 1 is 1.57 bits per heavy atom. The number of anilines is 1.